The monoisotopic (exact) mass is 268 g/mol. The fraction of sp³-hybridized carbons (Fsp3) is 0.125. The lowest BCUT2D eigenvalue weighted by molar-refractivity contribution is 0.0252. The normalized spacial score (nSPS) is 17.2. The number of carboxylic acids is 1. The molecule has 100 valence electrons. The number of aromatic carboxylic acids is 1. The molecule has 2 aromatic rings. The van der Waals surface area contributed by atoms with E-state index in [9.17, 15) is 9.59 Å². The average molecular weight is 268 g/mol. The Morgan fingerprint density at radius 3 is 2.60 bits per heavy atom. The number of carboxylic acid groups (broad SMARTS) is 1. The average Bonchev–Trinajstić information content (AvgIpc) is 2.47. The third-order valence-electron chi connectivity index (χ3n) is 3.40. The molecule has 1 aliphatic rings. The van der Waals surface area contributed by atoms with Gasteiger partial charge in [-0.2, -0.15) is 0 Å². The lowest BCUT2D eigenvalue weighted by Crippen LogP contribution is -2.22. The van der Waals surface area contributed by atoms with Crippen molar-refractivity contribution in [2.45, 2.75) is 12.5 Å². The van der Waals surface area contributed by atoms with Crippen LogP contribution in [0.5, 0.6) is 0 Å². The van der Waals surface area contributed by atoms with Gasteiger partial charge in [-0.05, 0) is 29.3 Å². The van der Waals surface area contributed by atoms with Crippen LogP contribution in [0.3, 0.4) is 0 Å². The summed E-state index contributed by atoms with van der Waals surface area (Å²) in [5.74, 6) is -1.40. The van der Waals surface area contributed by atoms with Crippen molar-refractivity contribution in [1.82, 2.24) is 0 Å². The van der Waals surface area contributed by atoms with Gasteiger partial charge in [0.15, 0.2) is 0 Å². The van der Waals surface area contributed by atoms with E-state index in [4.69, 9.17) is 9.84 Å². The van der Waals surface area contributed by atoms with E-state index >= 15 is 0 Å². The van der Waals surface area contributed by atoms with Crippen LogP contribution in [0.1, 0.15) is 37.9 Å². The van der Waals surface area contributed by atoms with E-state index in [0.717, 1.165) is 11.1 Å². The van der Waals surface area contributed by atoms with Crippen LogP contribution in [0.4, 0.5) is 0 Å². The Bertz CT molecular complexity index is 676. The number of cyclic esters (lactones) is 1. The zero-order chi connectivity index (χ0) is 14.1. The molecular weight excluding hydrogens is 256 g/mol. The number of esters is 1. The summed E-state index contributed by atoms with van der Waals surface area (Å²) in [7, 11) is 0. The summed E-state index contributed by atoms with van der Waals surface area (Å²) < 4.78 is 5.41. The molecule has 0 aliphatic carbocycles. The summed E-state index contributed by atoms with van der Waals surface area (Å²) in [4.78, 5) is 23.0. The van der Waals surface area contributed by atoms with Gasteiger partial charge in [0.25, 0.3) is 0 Å². The number of hydrogen-bond donors (Lipinski definition) is 1. The molecule has 0 spiro atoms. The van der Waals surface area contributed by atoms with Gasteiger partial charge in [-0.15, -0.1) is 0 Å². The minimum absolute atomic E-state index is 0.185. The molecule has 2 aromatic carbocycles. The lowest BCUT2D eigenvalue weighted by Gasteiger charge is -2.25. The molecule has 3 rings (SSSR count). The first-order chi connectivity index (χ1) is 9.65. The number of fused-ring (bicyclic) bond motifs is 1. The maximum absolute atomic E-state index is 12.0. The second-order valence-electron chi connectivity index (χ2n) is 4.69. The largest absolute Gasteiger partial charge is 0.478 e. The van der Waals surface area contributed by atoms with E-state index in [-0.39, 0.29) is 11.7 Å². The van der Waals surface area contributed by atoms with E-state index < -0.39 is 11.9 Å². The summed E-state index contributed by atoms with van der Waals surface area (Å²) in [5, 5.41) is 9.02. The van der Waals surface area contributed by atoms with Crippen molar-refractivity contribution in [1.29, 1.82) is 0 Å². The molecule has 0 saturated heterocycles. The van der Waals surface area contributed by atoms with Crippen LogP contribution >= 0.6 is 0 Å². The second-order valence-corrected chi connectivity index (χ2v) is 4.69. The molecule has 0 saturated carbocycles. The molecule has 0 fully saturated rings. The van der Waals surface area contributed by atoms with Gasteiger partial charge >= 0.3 is 11.9 Å². The van der Waals surface area contributed by atoms with Crippen LogP contribution in [-0.2, 0) is 11.2 Å². The van der Waals surface area contributed by atoms with Crippen LogP contribution in [0.15, 0.2) is 48.5 Å². The van der Waals surface area contributed by atoms with Gasteiger partial charge in [0, 0.05) is 6.42 Å². The molecule has 0 amide bonds. The Morgan fingerprint density at radius 1 is 1.15 bits per heavy atom. The summed E-state index contributed by atoms with van der Waals surface area (Å²) in [6.07, 6.45) is 0.131. The van der Waals surface area contributed by atoms with E-state index in [2.05, 4.69) is 0 Å². The lowest BCUT2D eigenvalue weighted by atomic mass is 9.93. The van der Waals surface area contributed by atoms with E-state index in [0.29, 0.717) is 12.0 Å². The molecule has 20 heavy (non-hydrogen) atoms. The fourth-order valence-corrected chi connectivity index (χ4v) is 2.38. The fourth-order valence-electron chi connectivity index (χ4n) is 2.38. The standard InChI is InChI=1S/C16H12O4/c17-15(18)11-6-7-13-12(8-11)9-14(20-16(13)19)10-4-2-1-3-5-10/h1-8,14H,9H2,(H,17,18)/t14-/m1/s1. The molecule has 0 aromatic heterocycles. The minimum atomic E-state index is -0.997. The number of rotatable bonds is 2. The maximum atomic E-state index is 12.0. The predicted octanol–water partition coefficient (Wildman–Crippen LogP) is 2.84. The van der Waals surface area contributed by atoms with E-state index in [1.54, 1.807) is 6.07 Å². The number of ether oxygens (including phenoxy) is 1. The third kappa shape index (κ3) is 2.16. The third-order valence-corrected chi connectivity index (χ3v) is 3.40. The number of carbonyl (C=O) groups is 2. The number of hydrogen-bond acceptors (Lipinski definition) is 3. The highest BCUT2D eigenvalue weighted by molar-refractivity contribution is 5.95. The summed E-state index contributed by atoms with van der Waals surface area (Å²) in [6, 6.07) is 13.9. The van der Waals surface area contributed by atoms with Crippen LogP contribution in [-0.4, -0.2) is 17.0 Å². The van der Waals surface area contributed by atoms with Gasteiger partial charge in [-0.25, -0.2) is 9.59 Å². The zero-order valence-electron chi connectivity index (χ0n) is 10.6. The molecule has 1 aliphatic heterocycles. The molecule has 4 heteroatoms. The Hall–Kier alpha value is -2.62. The molecule has 0 unspecified atom stereocenters. The van der Waals surface area contributed by atoms with Gasteiger partial charge in [-0.1, -0.05) is 30.3 Å². The Morgan fingerprint density at radius 2 is 1.90 bits per heavy atom. The van der Waals surface area contributed by atoms with Crippen LogP contribution in [0.25, 0.3) is 0 Å². The Kier molecular flexibility index (Phi) is 2.99. The van der Waals surface area contributed by atoms with Crippen molar-refractivity contribution in [3.05, 3.63) is 70.8 Å². The first-order valence-corrected chi connectivity index (χ1v) is 6.27. The topological polar surface area (TPSA) is 63.6 Å². The van der Waals surface area contributed by atoms with Crippen molar-refractivity contribution < 1.29 is 19.4 Å². The number of carbonyl (C=O) groups excluding carboxylic acids is 1. The van der Waals surface area contributed by atoms with Crippen molar-refractivity contribution in [3.8, 4) is 0 Å². The Balaban J connectivity index is 1.99. The van der Waals surface area contributed by atoms with Gasteiger partial charge in [0.1, 0.15) is 6.10 Å². The number of benzene rings is 2. The summed E-state index contributed by atoms with van der Waals surface area (Å²) in [5.41, 5.74) is 2.26. The molecule has 0 bridgehead atoms. The molecule has 1 heterocycles. The first kappa shape index (κ1) is 12.4. The van der Waals surface area contributed by atoms with E-state index in [1.165, 1.54) is 12.1 Å². The van der Waals surface area contributed by atoms with Crippen molar-refractivity contribution in [3.63, 3.8) is 0 Å². The molecule has 4 nitrogen and oxygen atoms in total. The van der Waals surface area contributed by atoms with Gasteiger partial charge in [-0.3, -0.25) is 0 Å². The highest BCUT2D eigenvalue weighted by Gasteiger charge is 2.27. The van der Waals surface area contributed by atoms with Crippen LogP contribution < -0.4 is 0 Å². The first-order valence-electron chi connectivity index (χ1n) is 6.27. The zero-order valence-corrected chi connectivity index (χ0v) is 10.6. The highest BCUT2D eigenvalue weighted by Crippen LogP contribution is 2.30. The van der Waals surface area contributed by atoms with Crippen LogP contribution in [0.2, 0.25) is 0 Å². The highest BCUT2D eigenvalue weighted by atomic mass is 16.5. The quantitative estimate of drug-likeness (QED) is 0.851. The maximum Gasteiger partial charge on any atom is 0.339 e. The molecule has 0 radical (unpaired) electrons. The molecular formula is C16H12O4. The smallest absolute Gasteiger partial charge is 0.339 e. The SMILES string of the molecule is O=C(O)c1ccc2c(c1)C[C@H](c1ccccc1)OC2=O. The van der Waals surface area contributed by atoms with Gasteiger partial charge in [0.2, 0.25) is 0 Å². The van der Waals surface area contributed by atoms with Crippen molar-refractivity contribution >= 4 is 11.9 Å². The second kappa shape index (κ2) is 4.81. The van der Waals surface area contributed by atoms with Gasteiger partial charge < -0.3 is 9.84 Å². The molecule has 1 N–H and O–H groups in total. The van der Waals surface area contributed by atoms with E-state index in [1.807, 2.05) is 30.3 Å². The molecule has 1 atom stereocenters. The Labute approximate surface area is 115 Å². The van der Waals surface area contributed by atoms with Crippen molar-refractivity contribution in [2.75, 3.05) is 0 Å². The summed E-state index contributed by atoms with van der Waals surface area (Å²) >= 11 is 0. The predicted molar refractivity (Wildman–Crippen MR) is 71.7 cm³/mol. The van der Waals surface area contributed by atoms with Crippen LogP contribution in [0, 0.1) is 0 Å². The summed E-state index contributed by atoms with van der Waals surface area (Å²) in [6.45, 7) is 0. The minimum Gasteiger partial charge on any atom is -0.478 e. The van der Waals surface area contributed by atoms with Gasteiger partial charge in [0.05, 0.1) is 11.1 Å². The van der Waals surface area contributed by atoms with Crippen molar-refractivity contribution in [2.24, 2.45) is 0 Å².